The molecule has 0 bridgehead atoms. The highest BCUT2D eigenvalue weighted by Crippen LogP contribution is 2.28. The fourth-order valence-corrected chi connectivity index (χ4v) is 3.74. The van der Waals surface area contributed by atoms with Crippen LogP contribution in [-0.4, -0.2) is 25.9 Å². The van der Waals surface area contributed by atoms with Crippen molar-refractivity contribution >= 4 is 15.7 Å². The first kappa shape index (κ1) is 17.1. The summed E-state index contributed by atoms with van der Waals surface area (Å²) >= 11 is 0. The number of halogens is 1. The summed E-state index contributed by atoms with van der Waals surface area (Å²) in [5.41, 5.74) is 0.466. The predicted molar refractivity (Wildman–Crippen MR) is 83.9 cm³/mol. The molecule has 5 nitrogen and oxygen atoms in total. The Hall–Kier alpha value is -2.28. The van der Waals surface area contributed by atoms with Gasteiger partial charge in [-0.05, 0) is 35.9 Å². The Morgan fingerprint density at radius 1 is 1.26 bits per heavy atom. The van der Waals surface area contributed by atoms with Crippen LogP contribution in [0.15, 0.2) is 53.7 Å². The van der Waals surface area contributed by atoms with Crippen LogP contribution in [0.3, 0.4) is 0 Å². The maximum atomic E-state index is 13.0. The molecule has 1 unspecified atom stereocenters. The highest BCUT2D eigenvalue weighted by atomic mass is 32.2. The van der Waals surface area contributed by atoms with Gasteiger partial charge in [-0.2, -0.15) is 0 Å². The third kappa shape index (κ3) is 4.13. The Labute approximate surface area is 134 Å². The number of carbonyl (C=O) groups excluding carboxylic acids is 1. The Morgan fingerprint density at radius 2 is 1.96 bits per heavy atom. The average molecular weight is 336 g/mol. The van der Waals surface area contributed by atoms with Crippen LogP contribution < -0.4 is 5.32 Å². The lowest BCUT2D eigenvalue weighted by Crippen LogP contribution is -2.31. The summed E-state index contributed by atoms with van der Waals surface area (Å²) in [6, 6.07) is 7.89. The molecule has 1 aromatic carbocycles. The van der Waals surface area contributed by atoms with Crippen molar-refractivity contribution in [3.05, 3.63) is 60.2 Å². The fourth-order valence-electron chi connectivity index (χ4n) is 2.09. The van der Waals surface area contributed by atoms with Crippen molar-refractivity contribution in [1.82, 2.24) is 10.3 Å². The molecular formula is C16H17FN2O3S. The Balaban J connectivity index is 2.39. The fraction of sp³-hybridized carbons (Fsp3) is 0.250. The van der Waals surface area contributed by atoms with Gasteiger partial charge < -0.3 is 5.32 Å². The van der Waals surface area contributed by atoms with Crippen molar-refractivity contribution in [1.29, 1.82) is 0 Å². The van der Waals surface area contributed by atoms with E-state index in [9.17, 15) is 17.6 Å². The number of rotatable bonds is 6. The van der Waals surface area contributed by atoms with E-state index >= 15 is 0 Å². The van der Waals surface area contributed by atoms with Crippen LogP contribution in [0.25, 0.3) is 0 Å². The number of sulfone groups is 1. The van der Waals surface area contributed by atoms with Gasteiger partial charge in [0.2, 0.25) is 5.91 Å². The lowest BCUT2D eigenvalue weighted by molar-refractivity contribution is -0.120. The van der Waals surface area contributed by atoms with Gasteiger partial charge in [0.25, 0.3) is 0 Å². The molecule has 0 saturated heterocycles. The minimum atomic E-state index is -3.80. The molecule has 122 valence electrons. The average Bonchev–Trinajstić information content (AvgIpc) is 2.56. The molecule has 0 radical (unpaired) electrons. The molecule has 0 fully saturated rings. The quantitative estimate of drug-likeness (QED) is 0.821. The van der Waals surface area contributed by atoms with E-state index in [4.69, 9.17) is 0 Å². The van der Waals surface area contributed by atoms with Crippen molar-refractivity contribution in [3.8, 4) is 0 Å². The van der Waals surface area contributed by atoms with E-state index in [1.165, 1.54) is 24.5 Å². The molecule has 1 atom stereocenters. The summed E-state index contributed by atoms with van der Waals surface area (Å²) in [5, 5.41) is 1.61. The number of aromatic nitrogens is 1. The van der Waals surface area contributed by atoms with Crippen LogP contribution in [0.5, 0.6) is 0 Å². The van der Waals surface area contributed by atoms with Crippen molar-refractivity contribution in [2.45, 2.75) is 23.5 Å². The molecule has 0 saturated carbocycles. The Kier molecular flexibility index (Phi) is 5.44. The summed E-state index contributed by atoms with van der Waals surface area (Å²) in [6.07, 6.45) is 3.25. The largest absolute Gasteiger partial charge is 0.354 e. The minimum Gasteiger partial charge on any atom is -0.354 e. The van der Waals surface area contributed by atoms with Gasteiger partial charge in [-0.1, -0.05) is 13.0 Å². The topological polar surface area (TPSA) is 76.1 Å². The first-order valence-corrected chi connectivity index (χ1v) is 8.66. The molecule has 0 spiro atoms. The molecule has 2 aromatic rings. The number of nitrogens with one attached hydrogen (secondary N) is 1. The number of pyridine rings is 1. The van der Waals surface area contributed by atoms with Crippen LogP contribution in [0.2, 0.25) is 0 Å². The lowest BCUT2D eigenvalue weighted by Gasteiger charge is -2.18. The maximum absolute atomic E-state index is 13.0. The standard InChI is InChI=1S/C16H17FN2O3S/c1-2-16(20)19-11-15(12-4-3-9-18-10-12)23(21,22)14-7-5-13(17)6-8-14/h3-10,15H,2,11H2,1H3,(H,19,20). The summed E-state index contributed by atoms with van der Waals surface area (Å²) < 4.78 is 38.7. The molecule has 23 heavy (non-hydrogen) atoms. The SMILES string of the molecule is CCC(=O)NCC(c1cccnc1)S(=O)(=O)c1ccc(F)cc1. The number of benzene rings is 1. The number of carbonyl (C=O) groups is 1. The predicted octanol–water partition coefficient (Wildman–Crippen LogP) is 2.26. The Morgan fingerprint density at radius 3 is 2.52 bits per heavy atom. The number of hydrogen-bond donors (Lipinski definition) is 1. The molecule has 0 aliphatic heterocycles. The van der Waals surface area contributed by atoms with E-state index in [0.717, 1.165) is 12.1 Å². The monoisotopic (exact) mass is 336 g/mol. The molecule has 1 N–H and O–H groups in total. The zero-order valence-corrected chi connectivity index (χ0v) is 13.4. The van der Waals surface area contributed by atoms with Crippen molar-refractivity contribution in [2.75, 3.05) is 6.54 Å². The van der Waals surface area contributed by atoms with E-state index < -0.39 is 20.9 Å². The zero-order chi connectivity index (χ0) is 16.9. The van der Waals surface area contributed by atoms with Crippen molar-refractivity contribution in [3.63, 3.8) is 0 Å². The normalized spacial score (nSPS) is 12.6. The smallest absolute Gasteiger partial charge is 0.219 e. The molecule has 1 amide bonds. The van der Waals surface area contributed by atoms with Gasteiger partial charge in [-0.3, -0.25) is 9.78 Å². The van der Waals surface area contributed by atoms with Crippen LogP contribution in [-0.2, 0) is 14.6 Å². The van der Waals surface area contributed by atoms with E-state index in [1.807, 2.05) is 0 Å². The van der Waals surface area contributed by atoms with Crippen LogP contribution in [0.1, 0.15) is 24.2 Å². The number of nitrogens with zero attached hydrogens (tertiary/aromatic N) is 1. The lowest BCUT2D eigenvalue weighted by atomic mass is 10.2. The van der Waals surface area contributed by atoms with Gasteiger partial charge in [0.05, 0.1) is 4.90 Å². The summed E-state index contributed by atoms with van der Waals surface area (Å²) in [5.74, 6) is -0.755. The second-order valence-corrected chi connectivity index (χ2v) is 7.06. The van der Waals surface area contributed by atoms with E-state index in [1.54, 1.807) is 19.1 Å². The first-order chi connectivity index (χ1) is 10.9. The Bertz CT molecular complexity index is 762. The van der Waals surface area contributed by atoms with E-state index in [0.29, 0.717) is 5.56 Å². The molecule has 1 heterocycles. The molecular weight excluding hydrogens is 319 g/mol. The molecule has 2 rings (SSSR count). The van der Waals surface area contributed by atoms with Gasteiger partial charge >= 0.3 is 0 Å². The van der Waals surface area contributed by atoms with Gasteiger partial charge in [0.1, 0.15) is 11.1 Å². The van der Waals surface area contributed by atoms with Crippen molar-refractivity contribution in [2.24, 2.45) is 0 Å². The third-order valence-electron chi connectivity index (χ3n) is 3.38. The van der Waals surface area contributed by atoms with Crippen LogP contribution in [0, 0.1) is 5.82 Å². The summed E-state index contributed by atoms with van der Waals surface area (Å²) in [6.45, 7) is 1.61. The van der Waals surface area contributed by atoms with Gasteiger partial charge in [-0.25, -0.2) is 12.8 Å². The van der Waals surface area contributed by atoms with Gasteiger partial charge in [0, 0.05) is 25.4 Å². The van der Waals surface area contributed by atoms with Crippen LogP contribution >= 0.6 is 0 Å². The first-order valence-electron chi connectivity index (χ1n) is 7.11. The second kappa shape index (κ2) is 7.32. The van der Waals surface area contributed by atoms with Gasteiger partial charge in [-0.15, -0.1) is 0 Å². The molecule has 0 aliphatic rings. The number of hydrogen-bond acceptors (Lipinski definition) is 4. The van der Waals surface area contributed by atoms with Crippen LogP contribution in [0.4, 0.5) is 4.39 Å². The highest BCUT2D eigenvalue weighted by molar-refractivity contribution is 7.91. The summed E-state index contributed by atoms with van der Waals surface area (Å²) in [7, 11) is -3.80. The van der Waals surface area contributed by atoms with E-state index in [2.05, 4.69) is 10.3 Å². The molecule has 0 aliphatic carbocycles. The highest BCUT2D eigenvalue weighted by Gasteiger charge is 2.29. The van der Waals surface area contributed by atoms with Gasteiger partial charge in [0.15, 0.2) is 9.84 Å². The van der Waals surface area contributed by atoms with Crippen molar-refractivity contribution < 1.29 is 17.6 Å². The summed E-state index contributed by atoms with van der Waals surface area (Å²) in [4.78, 5) is 15.4. The third-order valence-corrected chi connectivity index (χ3v) is 5.50. The molecule has 1 aromatic heterocycles. The molecule has 7 heteroatoms. The maximum Gasteiger partial charge on any atom is 0.219 e. The van der Waals surface area contributed by atoms with E-state index in [-0.39, 0.29) is 23.8 Å². The second-order valence-electron chi connectivity index (χ2n) is 4.93. The number of amides is 1. The zero-order valence-electron chi connectivity index (χ0n) is 12.6. The minimum absolute atomic E-state index is 0.00139.